The van der Waals surface area contributed by atoms with Gasteiger partial charge in [-0.25, -0.2) is 0 Å². The van der Waals surface area contributed by atoms with E-state index in [-0.39, 0.29) is 0 Å². The third kappa shape index (κ3) is 1.29. The monoisotopic (exact) mass is 261 g/mol. The summed E-state index contributed by atoms with van der Waals surface area (Å²) in [5.41, 5.74) is 1.18. The van der Waals surface area contributed by atoms with Crippen LogP contribution in [-0.2, 0) is 0 Å². The molecule has 1 aliphatic rings. The maximum absolute atomic E-state index is 5.45. The summed E-state index contributed by atoms with van der Waals surface area (Å²) in [4.78, 5) is 0. The second kappa shape index (κ2) is 2.89. The first-order valence-electron chi connectivity index (χ1n) is 3.53. The van der Waals surface area contributed by atoms with Gasteiger partial charge in [0.2, 0.25) is 0 Å². The lowest BCUT2D eigenvalue weighted by Crippen LogP contribution is -2.23. The van der Waals surface area contributed by atoms with Crippen LogP contribution in [0.4, 0.5) is 5.69 Å². The highest BCUT2D eigenvalue weighted by molar-refractivity contribution is 14.1. The van der Waals surface area contributed by atoms with Crippen LogP contribution in [0, 0.1) is 0 Å². The van der Waals surface area contributed by atoms with E-state index in [1.807, 2.05) is 18.2 Å². The summed E-state index contributed by atoms with van der Waals surface area (Å²) in [5.74, 6) is 0.994. The van der Waals surface area contributed by atoms with Crippen molar-refractivity contribution in [1.29, 1.82) is 0 Å². The van der Waals surface area contributed by atoms with Crippen LogP contribution in [0.2, 0.25) is 0 Å². The molecule has 2 rings (SSSR count). The second-order valence-electron chi connectivity index (χ2n) is 2.40. The molecule has 1 aliphatic heterocycles. The highest BCUT2D eigenvalue weighted by Gasteiger charge is 2.13. The topological polar surface area (TPSA) is 12.5 Å². The molecule has 3 heteroatoms. The van der Waals surface area contributed by atoms with Crippen LogP contribution >= 0.6 is 22.9 Å². The van der Waals surface area contributed by atoms with E-state index in [9.17, 15) is 0 Å². The van der Waals surface area contributed by atoms with Gasteiger partial charge >= 0.3 is 0 Å². The molecule has 0 spiro atoms. The van der Waals surface area contributed by atoms with Gasteiger partial charge in [0.15, 0.2) is 0 Å². The Morgan fingerprint density at radius 1 is 1.36 bits per heavy atom. The molecule has 0 saturated carbocycles. The van der Waals surface area contributed by atoms with E-state index < -0.39 is 0 Å². The van der Waals surface area contributed by atoms with Gasteiger partial charge in [0.25, 0.3) is 0 Å². The quantitative estimate of drug-likeness (QED) is 0.524. The Kier molecular flexibility index (Phi) is 1.89. The first-order chi connectivity index (χ1) is 5.38. The predicted octanol–water partition coefficient (Wildman–Crippen LogP) is 2.24. The lowest BCUT2D eigenvalue weighted by molar-refractivity contribution is 0.319. The number of fused-ring (bicyclic) bond motifs is 1. The summed E-state index contributed by atoms with van der Waals surface area (Å²) < 4.78 is 7.62. The minimum absolute atomic E-state index is 0.792. The van der Waals surface area contributed by atoms with Gasteiger partial charge in [-0.05, 0) is 12.1 Å². The van der Waals surface area contributed by atoms with Crippen molar-refractivity contribution < 1.29 is 4.74 Å². The molecular formula is C8H8INO. The molecule has 58 valence electrons. The zero-order valence-electron chi connectivity index (χ0n) is 5.96. The first-order valence-corrected chi connectivity index (χ1v) is 4.49. The van der Waals surface area contributed by atoms with Crippen molar-refractivity contribution in [2.75, 3.05) is 16.3 Å². The summed E-state index contributed by atoms with van der Waals surface area (Å²) >= 11 is 2.30. The first kappa shape index (κ1) is 7.21. The molecule has 1 heterocycles. The number of hydrogen-bond donors (Lipinski definition) is 0. The molecule has 0 aliphatic carbocycles. The van der Waals surface area contributed by atoms with E-state index in [0.717, 1.165) is 18.9 Å². The van der Waals surface area contributed by atoms with Gasteiger partial charge < -0.3 is 7.85 Å². The molecule has 1 aromatic rings. The molecule has 0 saturated heterocycles. The number of nitrogens with zero attached hydrogens (tertiary/aromatic N) is 1. The lowest BCUT2D eigenvalue weighted by atomic mass is 10.3. The number of anilines is 1. The Labute approximate surface area is 79.6 Å². The highest BCUT2D eigenvalue weighted by atomic mass is 127. The van der Waals surface area contributed by atoms with Crippen molar-refractivity contribution in [2.24, 2.45) is 0 Å². The number of halogens is 1. The number of benzene rings is 1. The fourth-order valence-electron chi connectivity index (χ4n) is 1.14. The average Bonchev–Trinajstić information content (AvgIpc) is 2.06. The van der Waals surface area contributed by atoms with Crippen LogP contribution in [0.15, 0.2) is 24.3 Å². The van der Waals surface area contributed by atoms with E-state index in [0.29, 0.717) is 0 Å². The second-order valence-corrected chi connectivity index (χ2v) is 3.57. The molecule has 0 bridgehead atoms. The van der Waals surface area contributed by atoms with Crippen molar-refractivity contribution >= 4 is 28.6 Å². The number of ether oxygens (including phenoxy) is 1. The SMILES string of the molecule is IN1CCOc2ccccc21. The van der Waals surface area contributed by atoms with Crippen molar-refractivity contribution in [2.45, 2.75) is 0 Å². The molecular weight excluding hydrogens is 253 g/mol. The molecule has 0 N–H and O–H groups in total. The minimum atomic E-state index is 0.792. The van der Waals surface area contributed by atoms with Gasteiger partial charge in [0, 0.05) is 0 Å². The van der Waals surface area contributed by atoms with E-state index in [4.69, 9.17) is 4.74 Å². The average molecular weight is 261 g/mol. The molecule has 1 aromatic carbocycles. The van der Waals surface area contributed by atoms with Gasteiger partial charge in [-0.15, -0.1) is 0 Å². The van der Waals surface area contributed by atoms with Gasteiger partial charge in [-0.2, -0.15) is 0 Å². The largest absolute Gasteiger partial charge is 0.490 e. The summed E-state index contributed by atoms with van der Waals surface area (Å²) in [6.45, 7) is 1.76. The lowest BCUT2D eigenvalue weighted by Gasteiger charge is -2.25. The van der Waals surface area contributed by atoms with Crippen LogP contribution in [-0.4, -0.2) is 13.2 Å². The molecule has 0 atom stereocenters. The van der Waals surface area contributed by atoms with Crippen LogP contribution in [0.5, 0.6) is 5.75 Å². The summed E-state index contributed by atoms with van der Waals surface area (Å²) in [6, 6.07) is 8.09. The maximum atomic E-state index is 5.45. The van der Waals surface area contributed by atoms with Crippen LogP contribution < -0.4 is 7.85 Å². The predicted molar refractivity (Wildman–Crippen MR) is 53.3 cm³/mol. The summed E-state index contributed by atoms with van der Waals surface area (Å²) in [5, 5.41) is 0. The Hall–Kier alpha value is -0.450. The molecule has 0 radical (unpaired) electrons. The summed E-state index contributed by atoms with van der Waals surface area (Å²) in [6.07, 6.45) is 0. The van der Waals surface area contributed by atoms with Gasteiger partial charge in [-0.3, -0.25) is 0 Å². The molecule has 0 fully saturated rings. The number of hydrogen-bond acceptors (Lipinski definition) is 2. The fraction of sp³-hybridized carbons (Fsp3) is 0.250. The Morgan fingerprint density at radius 3 is 3.00 bits per heavy atom. The minimum Gasteiger partial charge on any atom is -0.490 e. The zero-order valence-corrected chi connectivity index (χ0v) is 8.11. The van der Waals surface area contributed by atoms with Gasteiger partial charge in [-0.1, -0.05) is 12.1 Å². The molecule has 0 amide bonds. The fourth-order valence-corrected chi connectivity index (χ4v) is 1.73. The smallest absolute Gasteiger partial charge is 0.143 e. The van der Waals surface area contributed by atoms with Crippen LogP contribution in [0.1, 0.15) is 0 Å². The Balaban J connectivity index is 2.44. The van der Waals surface area contributed by atoms with Crippen molar-refractivity contribution in [3.63, 3.8) is 0 Å². The third-order valence-electron chi connectivity index (χ3n) is 1.67. The molecule has 0 aromatic heterocycles. The Morgan fingerprint density at radius 2 is 2.18 bits per heavy atom. The molecule has 2 nitrogen and oxygen atoms in total. The van der Waals surface area contributed by atoms with E-state index >= 15 is 0 Å². The molecule has 0 unspecified atom stereocenters. The number of rotatable bonds is 0. The van der Waals surface area contributed by atoms with Gasteiger partial charge in [0.1, 0.15) is 12.4 Å². The normalized spacial score (nSPS) is 15.5. The zero-order chi connectivity index (χ0) is 7.68. The van der Waals surface area contributed by atoms with Gasteiger partial charge in [0.05, 0.1) is 35.1 Å². The van der Waals surface area contributed by atoms with Crippen molar-refractivity contribution in [1.82, 2.24) is 0 Å². The van der Waals surface area contributed by atoms with E-state index in [1.54, 1.807) is 0 Å². The van der Waals surface area contributed by atoms with Crippen molar-refractivity contribution in [3.8, 4) is 5.75 Å². The molecule has 11 heavy (non-hydrogen) atoms. The van der Waals surface area contributed by atoms with Crippen LogP contribution in [0.25, 0.3) is 0 Å². The van der Waals surface area contributed by atoms with Crippen molar-refractivity contribution in [3.05, 3.63) is 24.3 Å². The third-order valence-corrected chi connectivity index (χ3v) is 2.67. The Bertz CT molecular complexity index is 264. The van der Waals surface area contributed by atoms with E-state index in [2.05, 4.69) is 32.0 Å². The number of para-hydroxylation sites is 2. The highest BCUT2D eigenvalue weighted by Crippen LogP contribution is 2.32. The standard InChI is InChI=1S/C8H8INO/c9-10-5-6-11-8-4-2-1-3-7(8)10/h1-4H,5-6H2. The van der Waals surface area contributed by atoms with Crippen LogP contribution in [0.3, 0.4) is 0 Å². The van der Waals surface area contributed by atoms with E-state index in [1.165, 1.54) is 5.69 Å². The maximum Gasteiger partial charge on any atom is 0.143 e. The summed E-state index contributed by atoms with van der Waals surface area (Å²) in [7, 11) is 0.